The second-order valence-corrected chi connectivity index (χ2v) is 6.21. The molecule has 1 heterocycles. The number of sulfonamides is 1. The van der Waals surface area contributed by atoms with E-state index < -0.39 is 14.9 Å². The molecule has 0 aliphatic rings. The SMILES string of the molecule is Cc1nn(C)c(C)c1NS(=O)(=O)c1ccc([N+](=O)[O-])cc1. The molecule has 112 valence electrons. The molecular formula is C12H14N4O4S. The Morgan fingerprint density at radius 3 is 2.24 bits per heavy atom. The van der Waals surface area contributed by atoms with E-state index in [4.69, 9.17) is 0 Å². The summed E-state index contributed by atoms with van der Waals surface area (Å²) in [4.78, 5) is 9.94. The van der Waals surface area contributed by atoms with Crippen molar-refractivity contribution in [2.75, 3.05) is 4.72 Å². The van der Waals surface area contributed by atoms with E-state index in [1.807, 2.05) is 0 Å². The molecule has 0 aliphatic heterocycles. The molecule has 9 heteroatoms. The minimum Gasteiger partial charge on any atom is -0.276 e. The average molecular weight is 310 g/mol. The van der Waals surface area contributed by atoms with Crippen LogP contribution in [0.2, 0.25) is 0 Å². The number of nitro benzene ring substituents is 1. The van der Waals surface area contributed by atoms with Crippen LogP contribution in [0.4, 0.5) is 11.4 Å². The number of nitrogens with zero attached hydrogens (tertiary/aromatic N) is 3. The Kier molecular flexibility index (Phi) is 3.69. The van der Waals surface area contributed by atoms with Crippen molar-refractivity contribution in [1.82, 2.24) is 9.78 Å². The summed E-state index contributed by atoms with van der Waals surface area (Å²) in [6.07, 6.45) is 0. The summed E-state index contributed by atoms with van der Waals surface area (Å²) in [6.45, 7) is 3.44. The van der Waals surface area contributed by atoms with Gasteiger partial charge in [-0.25, -0.2) is 8.42 Å². The first-order valence-corrected chi connectivity index (χ1v) is 7.48. The number of rotatable bonds is 4. The highest BCUT2D eigenvalue weighted by Crippen LogP contribution is 2.23. The van der Waals surface area contributed by atoms with Crippen LogP contribution >= 0.6 is 0 Å². The fraction of sp³-hybridized carbons (Fsp3) is 0.250. The van der Waals surface area contributed by atoms with E-state index in [9.17, 15) is 18.5 Å². The zero-order valence-electron chi connectivity index (χ0n) is 11.7. The number of non-ortho nitro benzene ring substituents is 1. The largest absolute Gasteiger partial charge is 0.276 e. The lowest BCUT2D eigenvalue weighted by Gasteiger charge is -2.08. The Bertz CT molecular complexity index is 793. The van der Waals surface area contributed by atoms with Crippen molar-refractivity contribution >= 4 is 21.4 Å². The van der Waals surface area contributed by atoms with Gasteiger partial charge >= 0.3 is 0 Å². The van der Waals surface area contributed by atoms with Gasteiger partial charge in [0, 0.05) is 19.2 Å². The zero-order chi connectivity index (χ0) is 15.8. The van der Waals surface area contributed by atoms with E-state index in [1.54, 1.807) is 25.6 Å². The van der Waals surface area contributed by atoms with Crippen LogP contribution in [0, 0.1) is 24.0 Å². The van der Waals surface area contributed by atoms with Gasteiger partial charge in [0.25, 0.3) is 15.7 Å². The summed E-state index contributed by atoms with van der Waals surface area (Å²) in [7, 11) is -2.10. The number of hydrogen-bond donors (Lipinski definition) is 1. The van der Waals surface area contributed by atoms with Crippen LogP contribution in [0.25, 0.3) is 0 Å². The van der Waals surface area contributed by atoms with Gasteiger partial charge < -0.3 is 0 Å². The molecule has 0 amide bonds. The summed E-state index contributed by atoms with van der Waals surface area (Å²) in [5.74, 6) is 0. The Balaban J connectivity index is 2.36. The fourth-order valence-electron chi connectivity index (χ4n) is 1.86. The molecule has 21 heavy (non-hydrogen) atoms. The number of aryl methyl sites for hydroxylation is 2. The Labute approximate surface area is 121 Å². The molecule has 1 aromatic heterocycles. The second kappa shape index (κ2) is 5.17. The van der Waals surface area contributed by atoms with Crippen molar-refractivity contribution < 1.29 is 13.3 Å². The van der Waals surface area contributed by atoms with Gasteiger partial charge in [-0.2, -0.15) is 5.10 Å². The number of nitrogens with one attached hydrogen (secondary N) is 1. The van der Waals surface area contributed by atoms with E-state index in [1.165, 1.54) is 12.1 Å². The average Bonchev–Trinajstić information content (AvgIpc) is 2.65. The molecule has 0 saturated heterocycles. The highest BCUT2D eigenvalue weighted by Gasteiger charge is 2.20. The predicted molar refractivity (Wildman–Crippen MR) is 76.6 cm³/mol. The molecular weight excluding hydrogens is 296 g/mol. The van der Waals surface area contributed by atoms with Crippen molar-refractivity contribution in [3.63, 3.8) is 0 Å². The van der Waals surface area contributed by atoms with Crippen LogP contribution < -0.4 is 4.72 Å². The first kappa shape index (κ1) is 15.0. The molecule has 0 atom stereocenters. The monoisotopic (exact) mass is 310 g/mol. The highest BCUT2D eigenvalue weighted by atomic mass is 32.2. The van der Waals surface area contributed by atoms with Gasteiger partial charge in [-0.1, -0.05) is 0 Å². The molecule has 0 saturated carbocycles. The summed E-state index contributed by atoms with van der Waals surface area (Å²) in [5.41, 5.74) is 1.48. The third kappa shape index (κ3) is 2.87. The van der Waals surface area contributed by atoms with Crippen molar-refractivity contribution in [2.45, 2.75) is 18.7 Å². The highest BCUT2D eigenvalue weighted by molar-refractivity contribution is 7.92. The van der Waals surface area contributed by atoms with Gasteiger partial charge in [-0.3, -0.25) is 19.5 Å². The molecule has 2 aromatic rings. The molecule has 0 bridgehead atoms. The predicted octanol–water partition coefficient (Wildman–Crippen LogP) is 1.75. The summed E-state index contributed by atoms with van der Waals surface area (Å²) < 4.78 is 28.6. The molecule has 0 unspecified atom stereocenters. The summed E-state index contributed by atoms with van der Waals surface area (Å²) >= 11 is 0. The van der Waals surface area contributed by atoms with E-state index in [-0.39, 0.29) is 10.6 Å². The standard InChI is InChI=1S/C12H14N4O4S/c1-8-12(9(2)15(3)13-8)14-21(19,20)11-6-4-10(5-7-11)16(17)18/h4-7,14H,1-3H3. The quantitative estimate of drug-likeness (QED) is 0.683. The maximum Gasteiger partial charge on any atom is 0.269 e. The van der Waals surface area contributed by atoms with E-state index in [2.05, 4.69) is 9.82 Å². The minimum absolute atomic E-state index is 0.0456. The molecule has 8 nitrogen and oxygen atoms in total. The lowest BCUT2D eigenvalue weighted by atomic mass is 10.3. The van der Waals surface area contributed by atoms with E-state index in [0.29, 0.717) is 17.1 Å². The zero-order valence-corrected chi connectivity index (χ0v) is 12.5. The van der Waals surface area contributed by atoms with Crippen molar-refractivity contribution in [1.29, 1.82) is 0 Å². The van der Waals surface area contributed by atoms with Crippen LogP contribution in [0.15, 0.2) is 29.2 Å². The Hall–Kier alpha value is -2.42. The van der Waals surface area contributed by atoms with Crippen LogP contribution in [-0.2, 0) is 17.1 Å². The van der Waals surface area contributed by atoms with Crippen LogP contribution in [0.1, 0.15) is 11.4 Å². The lowest BCUT2D eigenvalue weighted by molar-refractivity contribution is -0.384. The maximum absolute atomic E-state index is 12.3. The molecule has 1 N–H and O–H groups in total. The smallest absolute Gasteiger partial charge is 0.269 e. The number of nitro groups is 1. The number of aromatic nitrogens is 2. The third-order valence-corrected chi connectivity index (χ3v) is 4.47. The van der Waals surface area contributed by atoms with E-state index >= 15 is 0 Å². The van der Waals surface area contributed by atoms with Gasteiger partial charge in [0.15, 0.2) is 0 Å². The summed E-state index contributed by atoms with van der Waals surface area (Å²) in [5, 5.41) is 14.7. The van der Waals surface area contributed by atoms with Gasteiger partial charge in [-0.15, -0.1) is 0 Å². The van der Waals surface area contributed by atoms with Gasteiger partial charge in [0.1, 0.15) is 0 Å². The fourth-order valence-corrected chi connectivity index (χ4v) is 3.04. The topological polar surface area (TPSA) is 107 Å². The van der Waals surface area contributed by atoms with Crippen molar-refractivity contribution in [3.8, 4) is 0 Å². The molecule has 1 aromatic carbocycles. The molecule has 0 aliphatic carbocycles. The summed E-state index contributed by atoms with van der Waals surface area (Å²) in [6, 6.07) is 4.69. The van der Waals surface area contributed by atoms with Crippen molar-refractivity contribution in [2.24, 2.45) is 7.05 Å². The second-order valence-electron chi connectivity index (χ2n) is 4.53. The van der Waals surface area contributed by atoms with Gasteiger partial charge in [-0.05, 0) is 26.0 Å². The minimum atomic E-state index is -3.81. The Morgan fingerprint density at radius 1 is 1.24 bits per heavy atom. The normalized spacial score (nSPS) is 11.4. The number of hydrogen-bond acceptors (Lipinski definition) is 5. The lowest BCUT2D eigenvalue weighted by Crippen LogP contribution is -2.14. The van der Waals surface area contributed by atoms with Crippen LogP contribution in [0.5, 0.6) is 0 Å². The molecule has 0 fully saturated rings. The van der Waals surface area contributed by atoms with Crippen molar-refractivity contribution in [3.05, 3.63) is 45.8 Å². The first-order chi connectivity index (χ1) is 9.72. The molecule has 0 radical (unpaired) electrons. The third-order valence-electron chi connectivity index (χ3n) is 3.10. The molecule has 2 rings (SSSR count). The molecule has 0 spiro atoms. The van der Waals surface area contributed by atoms with Gasteiger partial charge in [0.2, 0.25) is 0 Å². The first-order valence-electron chi connectivity index (χ1n) is 6.00. The number of anilines is 1. The number of benzene rings is 1. The maximum atomic E-state index is 12.3. The van der Waals surface area contributed by atoms with Crippen LogP contribution in [-0.4, -0.2) is 23.1 Å². The van der Waals surface area contributed by atoms with E-state index in [0.717, 1.165) is 12.1 Å². The van der Waals surface area contributed by atoms with Gasteiger partial charge in [0.05, 0.1) is 26.9 Å². The van der Waals surface area contributed by atoms with Crippen LogP contribution in [0.3, 0.4) is 0 Å². The Morgan fingerprint density at radius 2 is 1.81 bits per heavy atom.